The zero-order valence-electron chi connectivity index (χ0n) is 27.6. The van der Waals surface area contributed by atoms with E-state index in [0.29, 0.717) is 31.1 Å². The lowest BCUT2D eigenvalue weighted by Crippen LogP contribution is -2.40. The quantitative estimate of drug-likeness (QED) is 0.179. The molecule has 1 atom stereocenters. The third-order valence-corrected chi connectivity index (χ3v) is 8.07. The summed E-state index contributed by atoms with van der Waals surface area (Å²) < 4.78 is 19.1. The first-order chi connectivity index (χ1) is 22.3. The number of nitrogens with zero attached hydrogens (tertiary/aromatic N) is 2. The van der Waals surface area contributed by atoms with E-state index in [2.05, 4.69) is 10.6 Å². The van der Waals surface area contributed by atoms with Crippen LogP contribution in [0.4, 0.5) is 0 Å². The number of carbonyl (C=O) groups excluding carboxylic acids is 3. The fourth-order valence-electron chi connectivity index (χ4n) is 5.94. The minimum Gasteiger partial charge on any atom is -0.496 e. The number of amides is 2. The van der Waals surface area contributed by atoms with Crippen molar-refractivity contribution in [1.82, 2.24) is 20.4 Å². The number of carbonyl (C=O) groups is 3. The Morgan fingerprint density at radius 2 is 1.74 bits per heavy atom. The fraction of sp³-hybridized carbons (Fsp3) is 0.500. The largest absolute Gasteiger partial charge is 0.496 e. The first-order valence-electron chi connectivity index (χ1n) is 16.5. The van der Waals surface area contributed by atoms with Crippen LogP contribution < -0.4 is 20.1 Å². The van der Waals surface area contributed by atoms with Gasteiger partial charge in [0.15, 0.2) is 5.69 Å². The second kappa shape index (κ2) is 17.4. The second-order valence-electron chi connectivity index (χ2n) is 12.2. The third kappa shape index (κ3) is 9.83. The van der Waals surface area contributed by atoms with Gasteiger partial charge < -0.3 is 24.8 Å². The summed E-state index contributed by atoms with van der Waals surface area (Å²) in [6, 6.07) is 17.2. The van der Waals surface area contributed by atoms with Gasteiger partial charge in [-0.15, -0.1) is 0 Å². The Kier molecular flexibility index (Phi) is 13.0. The molecular formula is C36H48N4O6. The molecule has 0 unspecified atom stereocenters. The van der Waals surface area contributed by atoms with E-state index in [-0.39, 0.29) is 54.8 Å². The lowest BCUT2D eigenvalue weighted by atomic mass is 9.95. The smallest absolute Gasteiger partial charge is 0.307 e. The Morgan fingerprint density at radius 1 is 1.00 bits per heavy atom. The highest BCUT2D eigenvalue weighted by molar-refractivity contribution is 5.94. The maximum absolute atomic E-state index is 13.8. The zero-order chi connectivity index (χ0) is 32.9. The lowest BCUT2D eigenvalue weighted by Gasteiger charge is -2.25. The van der Waals surface area contributed by atoms with Crippen molar-refractivity contribution in [1.29, 1.82) is 0 Å². The average Bonchev–Trinajstić information content (AvgIpc) is 3.49. The van der Waals surface area contributed by atoms with E-state index in [9.17, 15) is 14.4 Å². The molecule has 2 N–H and O–H groups in total. The number of hydrogen-bond acceptors (Lipinski definition) is 7. The van der Waals surface area contributed by atoms with E-state index in [0.717, 1.165) is 42.5 Å². The molecule has 0 aliphatic heterocycles. The molecule has 1 aliphatic rings. The van der Waals surface area contributed by atoms with Gasteiger partial charge in [-0.25, -0.2) is 0 Å². The summed E-state index contributed by atoms with van der Waals surface area (Å²) in [5, 5.41) is 10.7. The highest BCUT2D eigenvalue weighted by Crippen LogP contribution is 2.42. The van der Waals surface area contributed by atoms with Gasteiger partial charge in [0.05, 0.1) is 37.4 Å². The molecule has 1 saturated carbocycles. The Hall–Kier alpha value is -4.34. The molecule has 0 spiro atoms. The van der Waals surface area contributed by atoms with Gasteiger partial charge in [0.25, 0.3) is 5.91 Å². The van der Waals surface area contributed by atoms with E-state index >= 15 is 0 Å². The molecule has 4 rings (SSSR count). The number of esters is 1. The molecule has 10 nitrogen and oxygen atoms in total. The molecule has 3 aromatic rings. The van der Waals surface area contributed by atoms with E-state index in [1.165, 1.54) is 6.42 Å². The van der Waals surface area contributed by atoms with Gasteiger partial charge in [0, 0.05) is 19.0 Å². The first-order valence-corrected chi connectivity index (χ1v) is 16.5. The fourth-order valence-corrected chi connectivity index (χ4v) is 5.94. The Labute approximate surface area is 272 Å². The molecule has 0 radical (unpaired) electrons. The normalized spacial score (nSPS) is 14.0. The van der Waals surface area contributed by atoms with Gasteiger partial charge in [-0.05, 0) is 55.9 Å². The Balaban J connectivity index is 1.59. The van der Waals surface area contributed by atoms with E-state index in [1.54, 1.807) is 14.0 Å². The molecule has 0 bridgehead atoms. The minimum atomic E-state index is -0.408. The van der Waals surface area contributed by atoms with Crippen molar-refractivity contribution in [2.75, 3.05) is 20.3 Å². The summed E-state index contributed by atoms with van der Waals surface area (Å²) in [4.78, 5) is 38.2. The van der Waals surface area contributed by atoms with E-state index in [1.807, 2.05) is 73.1 Å². The number of aromatic nitrogens is 2. The number of benzene rings is 2. The lowest BCUT2D eigenvalue weighted by molar-refractivity contribution is -0.143. The summed E-state index contributed by atoms with van der Waals surface area (Å²) in [5.41, 5.74) is 2.82. The van der Waals surface area contributed by atoms with Gasteiger partial charge in [0.2, 0.25) is 5.91 Å². The minimum absolute atomic E-state index is 0.0902. The van der Waals surface area contributed by atoms with Crippen molar-refractivity contribution in [3.05, 3.63) is 65.9 Å². The first kappa shape index (κ1) is 34.5. The maximum Gasteiger partial charge on any atom is 0.307 e. The maximum atomic E-state index is 13.8. The van der Waals surface area contributed by atoms with Gasteiger partial charge in [0.1, 0.15) is 18.1 Å². The highest BCUT2D eigenvalue weighted by Gasteiger charge is 2.28. The van der Waals surface area contributed by atoms with Crippen molar-refractivity contribution in [3.8, 4) is 22.8 Å². The molecule has 1 aromatic heterocycles. The van der Waals surface area contributed by atoms with Crippen LogP contribution in [0, 0.1) is 5.92 Å². The number of methoxy groups -OCH3 is 1. The van der Waals surface area contributed by atoms with Crippen LogP contribution in [0.3, 0.4) is 0 Å². The van der Waals surface area contributed by atoms with Crippen LogP contribution in [-0.2, 0) is 20.9 Å². The van der Waals surface area contributed by atoms with Crippen molar-refractivity contribution in [3.63, 3.8) is 0 Å². The van der Waals surface area contributed by atoms with Gasteiger partial charge >= 0.3 is 5.97 Å². The predicted molar refractivity (Wildman–Crippen MR) is 177 cm³/mol. The van der Waals surface area contributed by atoms with Crippen LogP contribution in [0.2, 0.25) is 0 Å². The summed E-state index contributed by atoms with van der Waals surface area (Å²) in [6.45, 7) is 6.70. The summed E-state index contributed by atoms with van der Waals surface area (Å²) in [7, 11) is 1.63. The monoisotopic (exact) mass is 632 g/mol. The van der Waals surface area contributed by atoms with Gasteiger partial charge in [-0.3, -0.25) is 19.1 Å². The van der Waals surface area contributed by atoms with E-state index < -0.39 is 6.04 Å². The average molecular weight is 633 g/mol. The van der Waals surface area contributed by atoms with Crippen molar-refractivity contribution in [2.24, 2.45) is 5.92 Å². The standard InChI is InChI=1S/C36H48N4O6/c1-5-45-34(42)19-20-37-33(41)22-27(21-25(2)3)38-36(43)29-23-30(40(39-29)28-15-10-7-11-16-28)35-31(44-4)17-12-18-32(35)46-24-26-13-8-6-9-14-26/h6,8-9,12-14,17-18,23,25,27-28H,5,7,10-11,15-16,19-22,24H2,1-4H3,(H,37,41)(H,38,43)/t27-/m0/s1. The third-order valence-electron chi connectivity index (χ3n) is 8.07. The zero-order valence-corrected chi connectivity index (χ0v) is 27.6. The topological polar surface area (TPSA) is 121 Å². The highest BCUT2D eigenvalue weighted by atomic mass is 16.5. The van der Waals surface area contributed by atoms with Crippen LogP contribution >= 0.6 is 0 Å². The number of rotatable bonds is 16. The molecular weight excluding hydrogens is 584 g/mol. The second-order valence-corrected chi connectivity index (χ2v) is 12.2. The molecule has 0 saturated heterocycles. The molecule has 248 valence electrons. The summed E-state index contributed by atoms with van der Waals surface area (Å²) >= 11 is 0. The molecule has 1 fully saturated rings. The van der Waals surface area contributed by atoms with Crippen LogP contribution in [0.1, 0.15) is 94.2 Å². The Morgan fingerprint density at radius 3 is 2.43 bits per heavy atom. The molecule has 1 heterocycles. The molecule has 2 amide bonds. The number of nitrogens with one attached hydrogen (secondary N) is 2. The van der Waals surface area contributed by atoms with Crippen LogP contribution in [0.5, 0.6) is 11.5 Å². The van der Waals surface area contributed by atoms with Crippen LogP contribution in [0.25, 0.3) is 11.3 Å². The summed E-state index contributed by atoms with van der Waals surface area (Å²) in [5.74, 6) is 0.574. The van der Waals surface area contributed by atoms with Crippen molar-refractivity contribution >= 4 is 17.8 Å². The SMILES string of the molecule is CCOC(=O)CCNC(=O)C[C@H](CC(C)C)NC(=O)c1cc(-c2c(OC)cccc2OCc2ccccc2)n(C2CCCCC2)n1. The Bertz CT molecular complexity index is 1430. The van der Waals surface area contributed by atoms with Crippen LogP contribution in [-0.4, -0.2) is 53.9 Å². The van der Waals surface area contributed by atoms with Crippen molar-refractivity contribution in [2.45, 2.75) is 90.8 Å². The predicted octanol–water partition coefficient (Wildman–Crippen LogP) is 6.25. The molecule has 1 aliphatic carbocycles. The molecule has 46 heavy (non-hydrogen) atoms. The van der Waals surface area contributed by atoms with E-state index in [4.69, 9.17) is 19.3 Å². The van der Waals surface area contributed by atoms with Gasteiger partial charge in [-0.2, -0.15) is 5.10 Å². The van der Waals surface area contributed by atoms with Gasteiger partial charge in [-0.1, -0.05) is 69.5 Å². The van der Waals surface area contributed by atoms with Crippen molar-refractivity contribution < 1.29 is 28.6 Å². The number of hydrogen-bond donors (Lipinski definition) is 2. The summed E-state index contributed by atoms with van der Waals surface area (Å²) in [6.07, 6.45) is 6.10. The van der Waals surface area contributed by atoms with Crippen LogP contribution in [0.15, 0.2) is 54.6 Å². The number of ether oxygens (including phenoxy) is 3. The molecule has 2 aromatic carbocycles. The molecule has 10 heteroatoms.